The van der Waals surface area contributed by atoms with E-state index in [-0.39, 0.29) is 54.4 Å². The molecular formula is C20H42AlLiO6. The summed E-state index contributed by atoms with van der Waals surface area (Å²) < 4.78 is 20.3. The van der Waals surface area contributed by atoms with Gasteiger partial charge in [-0.2, -0.15) is 0 Å². The minimum atomic E-state index is -0.297. The average Bonchev–Trinajstić information content (AvgIpc) is 3.24. The predicted octanol–water partition coefficient (Wildman–Crippen LogP) is -1.11. The van der Waals surface area contributed by atoms with Gasteiger partial charge in [0.05, 0.1) is 12.0 Å². The van der Waals surface area contributed by atoms with Crippen molar-refractivity contribution >= 4 is 23.3 Å². The maximum atomic E-state index is 11.4. The van der Waals surface area contributed by atoms with Crippen molar-refractivity contribution in [1.29, 1.82) is 0 Å². The van der Waals surface area contributed by atoms with Gasteiger partial charge in [0.1, 0.15) is 0 Å². The minimum Gasteiger partial charge on any atom is -1.00 e. The van der Waals surface area contributed by atoms with Gasteiger partial charge < -0.3 is 25.5 Å². The maximum Gasteiger partial charge on any atom is 1.00 e. The second-order valence-electron chi connectivity index (χ2n) is 7.79. The topological polar surface area (TPSA) is 74.2 Å². The van der Waals surface area contributed by atoms with Gasteiger partial charge in [-0.15, -0.1) is 0 Å². The third-order valence-electron chi connectivity index (χ3n) is 5.27. The number of aliphatic hydroxyl groups excluding tert-OH is 1. The van der Waals surface area contributed by atoms with E-state index >= 15 is 0 Å². The summed E-state index contributed by atoms with van der Waals surface area (Å²) in [6.45, 7) is 11.6. The summed E-state index contributed by atoms with van der Waals surface area (Å²) in [7, 11) is 0. The largest absolute Gasteiger partial charge is 1.00 e. The molecule has 6 nitrogen and oxygen atoms in total. The molecule has 3 aliphatic rings. The van der Waals surface area contributed by atoms with Crippen LogP contribution in [-0.4, -0.2) is 81.3 Å². The zero-order valence-corrected chi connectivity index (χ0v) is 17.9. The standard InChI is InChI=1S/C9H16O3.C7H14O2.C4H8O.Al.Li.4H/c1-3-12-8(10)9(2)4-6-11-7-5-9;1-7(6-8)2-4-9-5-3-7;1-2-4-5-3-1;;;;;;/h3-7H2,1-2H3;8H,2-6H2,1H3;1-4H2;;;;;;/q;;;;+1;;;;-1. The van der Waals surface area contributed by atoms with Crippen LogP contribution >= 0.6 is 0 Å². The molecule has 0 aliphatic carbocycles. The van der Waals surface area contributed by atoms with Gasteiger partial charge in [-0.05, 0) is 57.8 Å². The summed E-state index contributed by atoms with van der Waals surface area (Å²) in [5.74, 6) is -0.0756. The van der Waals surface area contributed by atoms with Crippen LogP contribution in [0.25, 0.3) is 0 Å². The first kappa shape index (κ1) is 30.6. The summed E-state index contributed by atoms with van der Waals surface area (Å²) in [6, 6.07) is 0. The van der Waals surface area contributed by atoms with Crippen molar-refractivity contribution in [3.63, 3.8) is 0 Å². The molecule has 3 aliphatic heterocycles. The molecule has 1 N–H and O–H groups in total. The van der Waals surface area contributed by atoms with Crippen molar-refractivity contribution in [2.75, 3.05) is 52.9 Å². The van der Waals surface area contributed by atoms with Crippen molar-refractivity contribution in [3.05, 3.63) is 0 Å². The van der Waals surface area contributed by atoms with Crippen LogP contribution < -0.4 is 18.9 Å². The van der Waals surface area contributed by atoms with Gasteiger partial charge in [-0.1, -0.05) is 6.92 Å². The van der Waals surface area contributed by atoms with Crippen molar-refractivity contribution in [1.82, 2.24) is 0 Å². The molecule has 0 amide bonds. The number of aliphatic hydroxyl groups is 1. The number of hydrogen-bond donors (Lipinski definition) is 1. The van der Waals surface area contributed by atoms with E-state index < -0.39 is 0 Å². The Bertz CT molecular complexity index is 380. The molecule has 0 bridgehead atoms. The Kier molecular flexibility index (Phi) is 18.8. The van der Waals surface area contributed by atoms with Crippen LogP contribution in [0.3, 0.4) is 0 Å². The van der Waals surface area contributed by atoms with Crippen LogP contribution in [0.4, 0.5) is 0 Å². The van der Waals surface area contributed by atoms with Crippen molar-refractivity contribution in [2.24, 2.45) is 10.8 Å². The monoisotopic (exact) mass is 412 g/mol. The van der Waals surface area contributed by atoms with E-state index in [1.807, 2.05) is 13.8 Å². The van der Waals surface area contributed by atoms with Gasteiger partial charge in [-0.25, -0.2) is 0 Å². The molecule has 8 heteroatoms. The quantitative estimate of drug-likeness (QED) is 0.468. The molecule has 162 valence electrons. The summed E-state index contributed by atoms with van der Waals surface area (Å²) in [5, 5.41) is 8.89. The molecule has 0 spiro atoms. The molecule has 0 saturated carbocycles. The van der Waals surface area contributed by atoms with Gasteiger partial charge in [0, 0.05) is 46.2 Å². The second kappa shape index (κ2) is 17.2. The molecule has 28 heavy (non-hydrogen) atoms. The number of carbonyl (C=O) groups excluding carboxylic acids is 1. The Balaban J connectivity index is -0.000000355. The van der Waals surface area contributed by atoms with Gasteiger partial charge in [-0.3, -0.25) is 4.79 Å². The van der Waals surface area contributed by atoms with Crippen LogP contribution in [0.2, 0.25) is 0 Å². The second-order valence-corrected chi connectivity index (χ2v) is 7.79. The first-order chi connectivity index (χ1) is 12.5. The van der Waals surface area contributed by atoms with Crippen molar-refractivity contribution in [2.45, 2.75) is 59.3 Å². The van der Waals surface area contributed by atoms with E-state index in [4.69, 9.17) is 24.1 Å². The average molecular weight is 412 g/mol. The fourth-order valence-electron chi connectivity index (χ4n) is 2.86. The number of carbonyl (C=O) groups is 1. The molecule has 3 fully saturated rings. The van der Waals surface area contributed by atoms with Crippen LogP contribution in [0, 0.1) is 10.8 Å². The van der Waals surface area contributed by atoms with Crippen molar-refractivity contribution < 1.29 is 49.1 Å². The third kappa shape index (κ3) is 12.2. The first-order valence-corrected chi connectivity index (χ1v) is 9.97. The normalized spacial score (nSPS) is 22.0. The van der Waals surface area contributed by atoms with E-state index in [2.05, 4.69) is 6.92 Å². The van der Waals surface area contributed by atoms with Gasteiger partial charge in [0.25, 0.3) is 0 Å². The van der Waals surface area contributed by atoms with Gasteiger partial charge in [0.15, 0.2) is 17.4 Å². The Morgan fingerprint density at radius 3 is 1.68 bits per heavy atom. The van der Waals surface area contributed by atoms with Crippen LogP contribution in [0.15, 0.2) is 0 Å². The summed E-state index contributed by atoms with van der Waals surface area (Å²) in [6.07, 6.45) is 6.13. The number of hydrogen-bond acceptors (Lipinski definition) is 6. The SMILES string of the molecule is C1CCOC1.CC1(CO)CCOCC1.CCOC(=O)C1(C)CCOCC1.[AlH3].[H-].[Li+]. The first-order valence-electron chi connectivity index (χ1n) is 9.97. The van der Waals surface area contributed by atoms with Gasteiger partial charge >= 0.3 is 24.8 Å². The van der Waals surface area contributed by atoms with Crippen LogP contribution in [-0.2, 0) is 23.7 Å². The summed E-state index contributed by atoms with van der Waals surface area (Å²) >= 11 is 0. The van der Waals surface area contributed by atoms with Gasteiger partial charge in [0.2, 0.25) is 0 Å². The van der Waals surface area contributed by atoms with Crippen LogP contribution in [0.1, 0.15) is 60.7 Å². The molecule has 0 aromatic carbocycles. The van der Waals surface area contributed by atoms with E-state index in [1.165, 1.54) is 12.8 Å². The predicted molar refractivity (Wildman–Crippen MR) is 111 cm³/mol. The Morgan fingerprint density at radius 1 is 0.929 bits per heavy atom. The van der Waals surface area contributed by atoms with Crippen LogP contribution in [0.5, 0.6) is 0 Å². The maximum absolute atomic E-state index is 11.4. The molecular weight excluding hydrogens is 370 g/mol. The smallest absolute Gasteiger partial charge is 1.00 e. The minimum absolute atomic E-state index is 0. The number of rotatable bonds is 3. The molecule has 3 saturated heterocycles. The third-order valence-corrected chi connectivity index (χ3v) is 5.27. The molecule has 0 atom stereocenters. The number of ether oxygens (including phenoxy) is 4. The summed E-state index contributed by atoms with van der Waals surface area (Å²) in [5.41, 5.74) is -0.146. The Morgan fingerprint density at radius 2 is 1.36 bits per heavy atom. The fourth-order valence-corrected chi connectivity index (χ4v) is 2.86. The molecule has 0 aromatic rings. The van der Waals surface area contributed by atoms with E-state index in [9.17, 15) is 4.79 Å². The molecule has 3 heterocycles. The van der Waals surface area contributed by atoms with E-state index in [0.29, 0.717) is 26.4 Å². The fraction of sp³-hybridized carbons (Fsp3) is 0.950. The van der Waals surface area contributed by atoms with Crippen molar-refractivity contribution in [3.8, 4) is 0 Å². The molecule has 3 rings (SSSR count). The molecule has 0 aromatic heterocycles. The van der Waals surface area contributed by atoms with E-state index in [0.717, 1.165) is 52.1 Å². The summed E-state index contributed by atoms with van der Waals surface area (Å²) in [4.78, 5) is 11.4. The Hall–Kier alpha value is 0.440. The molecule has 0 unspecified atom stereocenters. The van der Waals surface area contributed by atoms with E-state index in [1.54, 1.807) is 0 Å². The molecule has 0 radical (unpaired) electrons. The Labute approximate surface area is 195 Å². The zero-order chi connectivity index (χ0) is 19.3. The number of esters is 1. The zero-order valence-electron chi connectivity index (χ0n) is 18.9.